The van der Waals surface area contributed by atoms with E-state index in [9.17, 15) is 14.0 Å². The number of rotatable bonds is 8. The molecule has 7 heteroatoms. The highest BCUT2D eigenvalue weighted by Crippen LogP contribution is 2.34. The molecule has 1 aliphatic heterocycles. The van der Waals surface area contributed by atoms with Gasteiger partial charge in [0.25, 0.3) is 5.91 Å². The highest BCUT2D eigenvalue weighted by atomic mass is 32.1. The van der Waals surface area contributed by atoms with Crippen LogP contribution in [0.3, 0.4) is 0 Å². The van der Waals surface area contributed by atoms with Crippen LogP contribution >= 0.6 is 11.3 Å². The summed E-state index contributed by atoms with van der Waals surface area (Å²) in [5, 5.41) is 2.05. The zero-order valence-corrected chi connectivity index (χ0v) is 21.2. The Kier molecular flexibility index (Phi) is 7.86. The number of hydrogen-bond acceptors (Lipinski definition) is 4. The van der Waals surface area contributed by atoms with Crippen LogP contribution in [0.4, 0.5) is 4.39 Å². The van der Waals surface area contributed by atoms with Crippen LogP contribution in [0, 0.1) is 12.7 Å². The fourth-order valence-electron chi connectivity index (χ4n) is 4.44. The van der Waals surface area contributed by atoms with Crippen LogP contribution in [0.5, 0.6) is 5.75 Å². The van der Waals surface area contributed by atoms with E-state index in [1.165, 1.54) is 21.9 Å². The average Bonchev–Trinajstić information content (AvgIpc) is 3.35. The van der Waals surface area contributed by atoms with Crippen molar-refractivity contribution in [3.63, 3.8) is 0 Å². The zero-order valence-electron chi connectivity index (χ0n) is 20.4. The normalized spacial score (nSPS) is 15.9. The molecule has 0 aliphatic carbocycles. The average molecular weight is 495 g/mol. The lowest BCUT2D eigenvalue weighted by Gasteiger charge is -2.38. The lowest BCUT2D eigenvalue weighted by molar-refractivity contribution is -0.136. The standard InChI is InChI=1S/C28H31FN2O3S/c1-4-20(3)31(28(33)21-10-6-7-11-23(21)29)17-27(32)30-15-13-26-22(14-16-35-26)24(30)18-34-25-12-8-5-9-19(25)2/h5-12,14,16,20,24H,4,13,15,17-18H2,1-3H3/t20-,24-/m0/s1. The summed E-state index contributed by atoms with van der Waals surface area (Å²) in [7, 11) is 0. The summed E-state index contributed by atoms with van der Waals surface area (Å²) in [6.45, 7) is 6.60. The molecule has 2 heterocycles. The molecule has 0 bridgehead atoms. The Balaban J connectivity index is 1.57. The Hall–Kier alpha value is -3.19. The molecule has 4 rings (SSSR count). The molecule has 0 fully saturated rings. The van der Waals surface area contributed by atoms with Crippen LogP contribution in [0.1, 0.15) is 52.7 Å². The molecule has 5 nitrogen and oxygen atoms in total. The van der Waals surface area contributed by atoms with E-state index in [1.54, 1.807) is 23.5 Å². The molecular formula is C28H31FN2O3S. The predicted octanol–water partition coefficient (Wildman–Crippen LogP) is 5.64. The van der Waals surface area contributed by atoms with Crippen LogP contribution in [0.15, 0.2) is 60.0 Å². The second kappa shape index (κ2) is 11.0. The van der Waals surface area contributed by atoms with Crippen molar-refractivity contribution in [2.75, 3.05) is 19.7 Å². The molecule has 0 radical (unpaired) electrons. The highest BCUT2D eigenvalue weighted by Gasteiger charge is 2.34. The Morgan fingerprint density at radius 1 is 1.17 bits per heavy atom. The maximum atomic E-state index is 14.4. The number of hydrogen-bond donors (Lipinski definition) is 0. The van der Waals surface area contributed by atoms with Crippen LogP contribution < -0.4 is 4.74 Å². The van der Waals surface area contributed by atoms with E-state index in [1.807, 2.05) is 55.3 Å². The van der Waals surface area contributed by atoms with Gasteiger partial charge in [0, 0.05) is 17.5 Å². The van der Waals surface area contributed by atoms with E-state index in [-0.39, 0.29) is 30.1 Å². The first-order valence-corrected chi connectivity index (χ1v) is 12.9. The number of ether oxygens (including phenoxy) is 1. The number of halogens is 1. The minimum Gasteiger partial charge on any atom is -0.491 e. The molecule has 2 atom stereocenters. The number of aryl methyl sites for hydroxylation is 1. The number of thiophene rings is 1. The Bertz CT molecular complexity index is 1190. The monoisotopic (exact) mass is 494 g/mol. The Morgan fingerprint density at radius 3 is 2.66 bits per heavy atom. The Morgan fingerprint density at radius 2 is 1.91 bits per heavy atom. The number of carbonyl (C=O) groups is 2. The number of amides is 2. The van der Waals surface area contributed by atoms with Crippen molar-refractivity contribution in [1.82, 2.24) is 9.80 Å². The maximum Gasteiger partial charge on any atom is 0.257 e. The first-order chi connectivity index (χ1) is 16.9. The molecule has 0 spiro atoms. The molecule has 1 aromatic heterocycles. The first kappa shape index (κ1) is 24.9. The molecule has 2 aromatic carbocycles. The van der Waals surface area contributed by atoms with Gasteiger partial charge < -0.3 is 14.5 Å². The number of nitrogens with zero attached hydrogens (tertiary/aromatic N) is 2. The van der Waals surface area contributed by atoms with Gasteiger partial charge in [-0.15, -0.1) is 11.3 Å². The molecule has 0 N–H and O–H groups in total. The smallest absolute Gasteiger partial charge is 0.257 e. The number of fused-ring (bicyclic) bond motifs is 1. The quantitative estimate of drug-likeness (QED) is 0.407. The van der Waals surface area contributed by atoms with E-state index in [4.69, 9.17) is 4.74 Å². The van der Waals surface area contributed by atoms with Gasteiger partial charge in [-0.1, -0.05) is 37.3 Å². The van der Waals surface area contributed by atoms with E-state index >= 15 is 0 Å². The largest absolute Gasteiger partial charge is 0.491 e. The van der Waals surface area contributed by atoms with Gasteiger partial charge in [-0.2, -0.15) is 0 Å². The fourth-order valence-corrected chi connectivity index (χ4v) is 5.36. The number of carbonyl (C=O) groups excluding carboxylic acids is 2. The van der Waals surface area contributed by atoms with Gasteiger partial charge in [-0.05, 0) is 67.5 Å². The Labute approximate surface area is 210 Å². The third kappa shape index (κ3) is 5.40. The minimum absolute atomic E-state index is 0.0150. The van der Waals surface area contributed by atoms with Crippen molar-refractivity contribution < 1.29 is 18.7 Å². The SMILES string of the molecule is CC[C@H](C)N(CC(=O)N1CCc2sccc2[C@@H]1COc1ccccc1C)C(=O)c1ccccc1F. The highest BCUT2D eigenvalue weighted by molar-refractivity contribution is 7.10. The summed E-state index contributed by atoms with van der Waals surface area (Å²) in [6.07, 6.45) is 1.42. The van der Waals surface area contributed by atoms with Gasteiger partial charge in [0.1, 0.15) is 24.7 Å². The molecule has 1 aliphatic rings. The summed E-state index contributed by atoms with van der Waals surface area (Å²) in [5.41, 5.74) is 2.11. The van der Waals surface area contributed by atoms with Crippen LogP contribution in [-0.2, 0) is 11.2 Å². The summed E-state index contributed by atoms with van der Waals surface area (Å²) < 4.78 is 20.6. The van der Waals surface area contributed by atoms with Gasteiger partial charge in [0.2, 0.25) is 5.91 Å². The van der Waals surface area contributed by atoms with E-state index in [0.717, 1.165) is 23.3 Å². The molecule has 2 amide bonds. The molecule has 0 saturated heterocycles. The topological polar surface area (TPSA) is 49.9 Å². The third-order valence-electron chi connectivity index (χ3n) is 6.70. The number of benzene rings is 2. The maximum absolute atomic E-state index is 14.4. The van der Waals surface area contributed by atoms with Gasteiger partial charge in [0.15, 0.2) is 0 Å². The van der Waals surface area contributed by atoms with Gasteiger partial charge >= 0.3 is 0 Å². The second-order valence-electron chi connectivity index (χ2n) is 8.90. The van der Waals surface area contributed by atoms with E-state index in [2.05, 4.69) is 6.07 Å². The molecule has 184 valence electrons. The summed E-state index contributed by atoms with van der Waals surface area (Å²) >= 11 is 1.69. The lowest BCUT2D eigenvalue weighted by Crippen LogP contribution is -2.50. The molecular weight excluding hydrogens is 463 g/mol. The van der Waals surface area contributed by atoms with Crippen molar-refractivity contribution in [2.24, 2.45) is 0 Å². The summed E-state index contributed by atoms with van der Waals surface area (Å²) in [4.78, 5) is 31.5. The lowest BCUT2D eigenvalue weighted by atomic mass is 10.00. The van der Waals surface area contributed by atoms with E-state index < -0.39 is 11.7 Å². The van der Waals surface area contributed by atoms with Crippen molar-refractivity contribution in [3.8, 4) is 5.75 Å². The number of para-hydroxylation sites is 1. The predicted molar refractivity (Wildman–Crippen MR) is 136 cm³/mol. The molecule has 0 unspecified atom stereocenters. The minimum atomic E-state index is -0.580. The molecule has 35 heavy (non-hydrogen) atoms. The van der Waals surface area contributed by atoms with Gasteiger partial charge in [-0.25, -0.2) is 4.39 Å². The first-order valence-electron chi connectivity index (χ1n) is 12.0. The van der Waals surface area contributed by atoms with Crippen LogP contribution in [0.2, 0.25) is 0 Å². The van der Waals surface area contributed by atoms with Crippen molar-refractivity contribution >= 4 is 23.2 Å². The van der Waals surface area contributed by atoms with Crippen molar-refractivity contribution in [3.05, 3.63) is 87.4 Å². The summed E-state index contributed by atoms with van der Waals surface area (Å²) in [5.74, 6) is -0.418. The van der Waals surface area contributed by atoms with Crippen molar-refractivity contribution in [2.45, 2.75) is 45.7 Å². The van der Waals surface area contributed by atoms with Gasteiger partial charge in [0.05, 0.1) is 11.6 Å². The second-order valence-corrected chi connectivity index (χ2v) is 9.90. The fraction of sp³-hybridized carbons (Fsp3) is 0.357. The van der Waals surface area contributed by atoms with Crippen molar-refractivity contribution in [1.29, 1.82) is 0 Å². The molecule has 0 saturated carbocycles. The van der Waals surface area contributed by atoms with E-state index in [0.29, 0.717) is 19.6 Å². The van der Waals surface area contributed by atoms with Crippen LogP contribution in [0.25, 0.3) is 0 Å². The van der Waals surface area contributed by atoms with Crippen LogP contribution in [-0.4, -0.2) is 47.4 Å². The summed E-state index contributed by atoms with van der Waals surface area (Å²) in [6, 6.07) is 15.3. The molecule has 3 aromatic rings. The zero-order chi connectivity index (χ0) is 24.9. The van der Waals surface area contributed by atoms with Gasteiger partial charge in [-0.3, -0.25) is 9.59 Å². The third-order valence-corrected chi connectivity index (χ3v) is 7.70.